The molecule has 0 aliphatic heterocycles. The first kappa shape index (κ1) is 36.1. The van der Waals surface area contributed by atoms with Crippen LogP contribution in [0, 0.1) is 12.1 Å². The van der Waals surface area contributed by atoms with E-state index in [1.165, 1.54) is 10.8 Å². The van der Waals surface area contributed by atoms with E-state index in [0.717, 1.165) is 72.3 Å². The second-order valence-electron chi connectivity index (χ2n) is 14.9. The summed E-state index contributed by atoms with van der Waals surface area (Å²) in [5, 5.41) is 3.39. The fourth-order valence-corrected chi connectivity index (χ4v) is 8.30. The van der Waals surface area contributed by atoms with E-state index in [2.05, 4.69) is 97.4 Å². The second-order valence-corrected chi connectivity index (χ2v) is 19.9. The van der Waals surface area contributed by atoms with Crippen LogP contribution in [0.15, 0.2) is 144 Å². The van der Waals surface area contributed by atoms with Gasteiger partial charge in [0.1, 0.15) is 5.58 Å². The molecule has 273 valence electrons. The van der Waals surface area contributed by atoms with Gasteiger partial charge in [0.2, 0.25) is 0 Å². The number of benzene rings is 5. The van der Waals surface area contributed by atoms with Gasteiger partial charge >= 0.3 is 0 Å². The van der Waals surface area contributed by atoms with Gasteiger partial charge in [0, 0.05) is 46.2 Å². The Morgan fingerprint density at radius 3 is 2.00 bits per heavy atom. The molecule has 3 aromatic heterocycles. The molecule has 0 bridgehead atoms. The Hall–Kier alpha value is -4.93. The normalized spacial score (nSPS) is 12.4. The van der Waals surface area contributed by atoms with Gasteiger partial charge in [-0.05, 0) is 45.6 Å². The molecule has 1 radical (unpaired) electrons. The summed E-state index contributed by atoms with van der Waals surface area (Å²) in [6.45, 7) is 14.6. The van der Waals surface area contributed by atoms with Crippen molar-refractivity contribution in [1.82, 2.24) is 9.97 Å². The predicted molar refractivity (Wildman–Crippen MR) is 226 cm³/mol. The molecule has 3 nitrogen and oxygen atoms in total. The molecule has 0 N–H and O–H groups in total. The van der Waals surface area contributed by atoms with E-state index in [9.17, 15) is 0 Å². The van der Waals surface area contributed by atoms with E-state index in [1.54, 1.807) is 6.20 Å². The minimum atomic E-state index is -1.57. The monoisotopic (exact) mass is 901 g/mol. The maximum absolute atomic E-state index is 8.61. The molecule has 0 spiro atoms. The largest absolute Gasteiger partial charge is 0.500 e. The van der Waals surface area contributed by atoms with Gasteiger partial charge in [0.25, 0.3) is 0 Å². The van der Waals surface area contributed by atoms with Crippen LogP contribution >= 0.6 is 0 Å². The van der Waals surface area contributed by atoms with Crippen LogP contribution in [-0.4, -0.2) is 18.0 Å². The number of hydrogen-bond acceptors (Lipinski definition) is 3. The average molecular weight is 901 g/mol. The predicted octanol–water partition coefficient (Wildman–Crippen LogP) is 13.1. The van der Waals surface area contributed by atoms with Gasteiger partial charge in [-0.1, -0.05) is 160 Å². The van der Waals surface area contributed by atoms with Crippen molar-refractivity contribution in [2.24, 2.45) is 0 Å². The zero-order valence-corrected chi connectivity index (χ0v) is 35.3. The quantitative estimate of drug-likeness (QED) is 0.118. The van der Waals surface area contributed by atoms with E-state index in [1.807, 2.05) is 101 Å². The van der Waals surface area contributed by atoms with Crippen molar-refractivity contribution in [1.29, 1.82) is 0 Å². The molecule has 0 atom stereocenters. The van der Waals surface area contributed by atoms with Gasteiger partial charge in [0.05, 0.1) is 13.7 Å². The van der Waals surface area contributed by atoms with E-state index < -0.39 is 19.9 Å². The summed E-state index contributed by atoms with van der Waals surface area (Å²) >= 11 is 0. The Morgan fingerprint density at radius 2 is 1.31 bits per heavy atom. The molecule has 0 amide bonds. The van der Waals surface area contributed by atoms with Gasteiger partial charge in [0.15, 0.2) is 0 Å². The second kappa shape index (κ2) is 16.6. The van der Waals surface area contributed by atoms with E-state index in [-0.39, 0.29) is 20.1 Å². The smallest absolute Gasteiger partial charge is 0.128 e. The number of para-hydroxylation sites is 1. The molecule has 8 aromatic rings. The van der Waals surface area contributed by atoms with Crippen molar-refractivity contribution in [3.8, 4) is 44.8 Å². The Labute approximate surface area is 337 Å². The zero-order chi connectivity index (χ0) is 39.0. The van der Waals surface area contributed by atoms with Gasteiger partial charge in [-0.2, -0.15) is 0 Å². The summed E-state index contributed by atoms with van der Waals surface area (Å²) in [4.78, 5) is 9.29. The third kappa shape index (κ3) is 8.24. The molecule has 8 rings (SSSR count). The van der Waals surface area contributed by atoms with Gasteiger partial charge in [-0.15, -0.1) is 53.6 Å². The summed E-state index contributed by atoms with van der Waals surface area (Å²) in [6.07, 6.45) is 3.75. The van der Waals surface area contributed by atoms with Crippen LogP contribution in [0.4, 0.5) is 0 Å². The first-order valence-electron chi connectivity index (χ1n) is 19.2. The topological polar surface area (TPSA) is 38.9 Å². The summed E-state index contributed by atoms with van der Waals surface area (Å²) < 4.78 is 23.4. The van der Waals surface area contributed by atoms with Crippen LogP contribution in [0.1, 0.15) is 53.4 Å². The Morgan fingerprint density at radius 1 is 0.630 bits per heavy atom. The summed E-state index contributed by atoms with van der Waals surface area (Å²) in [7, 11) is -1.57. The van der Waals surface area contributed by atoms with Crippen LogP contribution in [0.5, 0.6) is 0 Å². The number of hydrogen-bond donors (Lipinski definition) is 0. The molecular weight excluding hydrogens is 853 g/mol. The van der Waals surface area contributed by atoms with Crippen molar-refractivity contribution in [2.75, 3.05) is 0 Å². The van der Waals surface area contributed by atoms with Crippen LogP contribution in [-0.2, 0) is 20.1 Å². The molecule has 5 aromatic carbocycles. The van der Waals surface area contributed by atoms with Crippen molar-refractivity contribution in [3.63, 3.8) is 0 Å². The fourth-order valence-electron chi connectivity index (χ4n) is 6.72. The van der Waals surface area contributed by atoms with Crippen LogP contribution < -0.4 is 5.19 Å². The minimum absolute atomic E-state index is 0. The van der Waals surface area contributed by atoms with Gasteiger partial charge in [-0.25, -0.2) is 0 Å². The third-order valence-corrected chi connectivity index (χ3v) is 11.6. The fraction of sp³-hybridized carbons (Fsp3) is 0.184. The molecule has 0 unspecified atom stereocenters. The maximum Gasteiger partial charge on any atom is 0.128 e. The van der Waals surface area contributed by atoms with E-state index >= 15 is 0 Å². The Kier molecular flexibility index (Phi) is 11.1. The molecule has 0 fully saturated rings. The number of furan rings is 1. The number of pyridine rings is 2. The molecule has 0 saturated carbocycles. The SMILES string of the molecule is [2H]C(C)(C)c1cc(-c2[c-]ccc(-c3ccccc3)c2)ncc1[Si](C)(C)C.[2H]C(C)(C)c1ccnc(-c2[c-]ccc3c2oc2c(-c4ccccc4)cccc23)c1.[Ir]. The first-order valence-corrected chi connectivity index (χ1v) is 21.7. The van der Waals surface area contributed by atoms with Crippen LogP contribution in [0.25, 0.3) is 66.7 Å². The average Bonchev–Trinajstić information content (AvgIpc) is 3.57. The van der Waals surface area contributed by atoms with Crippen molar-refractivity contribution in [2.45, 2.75) is 59.1 Å². The van der Waals surface area contributed by atoms with Crippen molar-refractivity contribution < 1.29 is 27.3 Å². The van der Waals surface area contributed by atoms with Crippen molar-refractivity contribution >= 4 is 35.2 Å². The summed E-state index contributed by atoms with van der Waals surface area (Å²) in [5.41, 5.74) is 11.6. The Balaban J connectivity index is 0.000000188. The summed E-state index contributed by atoms with van der Waals surface area (Å²) in [5.74, 6) is -1.34. The van der Waals surface area contributed by atoms with Crippen molar-refractivity contribution in [3.05, 3.63) is 163 Å². The first-order chi connectivity index (χ1) is 26.2. The summed E-state index contributed by atoms with van der Waals surface area (Å²) in [6, 6.07) is 49.6. The van der Waals surface area contributed by atoms with E-state index in [4.69, 9.17) is 12.1 Å². The maximum atomic E-state index is 8.61. The van der Waals surface area contributed by atoms with Gasteiger partial charge < -0.3 is 14.4 Å². The van der Waals surface area contributed by atoms with Crippen LogP contribution in [0.2, 0.25) is 19.6 Å². The minimum Gasteiger partial charge on any atom is -0.500 e. The molecule has 3 heterocycles. The number of aromatic nitrogens is 2. The molecule has 0 saturated heterocycles. The molecular formula is C49H46IrN2OSi-2. The molecule has 5 heteroatoms. The standard InChI is InChI=1S/C26H20NO.C23H26NSi.Ir/c1-17(2)19-14-15-27-24(16-19)23-13-7-12-22-21-11-6-10-20(25(21)28-26(22)23)18-8-4-3-5-9-18;1-17(2)21-15-22(24-16-23(21)25(3,4)5)20-13-9-12-19(14-20)18-10-7-6-8-11-18;/h3-12,14-17H,1-2H3;6-12,14-17H,1-5H3;/q2*-1;/i2*17D;. The molecule has 0 aliphatic rings. The third-order valence-electron chi connectivity index (χ3n) is 9.57. The molecule has 0 aliphatic carbocycles. The Bertz CT molecular complexity index is 2600. The number of nitrogens with zero attached hydrogens (tertiary/aromatic N) is 2. The van der Waals surface area contributed by atoms with Gasteiger partial charge in [-0.3, -0.25) is 0 Å². The number of rotatable bonds is 7. The molecule has 54 heavy (non-hydrogen) atoms. The number of fused-ring (bicyclic) bond motifs is 3. The zero-order valence-electron chi connectivity index (χ0n) is 33.9. The van der Waals surface area contributed by atoms with E-state index in [0.29, 0.717) is 0 Å². The van der Waals surface area contributed by atoms with Crippen LogP contribution in [0.3, 0.4) is 0 Å².